The second-order valence-electron chi connectivity index (χ2n) is 6.60. The summed E-state index contributed by atoms with van der Waals surface area (Å²) in [6.07, 6.45) is 3.97. The van der Waals surface area contributed by atoms with Crippen LogP contribution in [0.3, 0.4) is 0 Å². The predicted molar refractivity (Wildman–Crippen MR) is 89.8 cm³/mol. The lowest BCUT2D eigenvalue weighted by atomic mass is 9.98. The highest BCUT2D eigenvalue weighted by atomic mass is 16.3. The molecule has 3 heteroatoms. The van der Waals surface area contributed by atoms with E-state index in [1.54, 1.807) is 0 Å². The molecule has 1 aromatic rings. The van der Waals surface area contributed by atoms with Gasteiger partial charge in [0.15, 0.2) is 0 Å². The van der Waals surface area contributed by atoms with Gasteiger partial charge < -0.3 is 15.3 Å². The third-order valence-electron chi connectivity index (χ3n) is 4.52. The summed E-state index contributed by atoms with van der Waals surface area (Å²) >= 11 is 0. The molecule has 1 heterocycles. The van der Waals surface area contributed by atoms with Crippen molar-refractivity contribution in [3.05, 3.63) is 29.8 Å². The molecule has 2 unspecified atom stereocenters. The molecule has 1 aliphatic rings. The van der Waals surface area contributed by atoms with Crippen molar-refractivity contribution < 1.29 is 5.11 Å². The van der Waals surface area contributed by atoms with Crippen LogP contribution < -0.4 is 10.2 Å². The first-order valence-electron chi connectivity index (χ1n) is 8.32. The first kappa shape index (κ1) is 16.3. The minimum atomic E-state index is -0.493. The molecular formula is C18H30N2O. The van der Waals surface area contributed by atoms with Crippen LogP contribution in [0.15, 0.2) is 24.3 Å². The zero-order valence-electron chi connectivity index (χ0n) is 13.7. The van der Waals surface area contributed by atoms with Crippen molar-refractivity contribution in [1.29, 1.82) is 0 Å². The second kappa shape index (κ2) is 7.28. The molecule has 1 aromatic carbocycles. The minimum Gasteiger partial charge on any atom is -0.390 e. The topological polar surface area (TPSA) is 35.5 Å². The van der Waals surface area contributed by atoms with Crippen LogP contribution in [0.2, 0.25) is 0 Å². The normalized spacial score (nSPS) is 24.7. The van der Waals surface area contributed by atoms with E-state index in [0.29, 0.717) is 6.04 Å². The monoisotopic (exact) mass is 290 g/mol. The zero-order chi connectivity index (χ0) is 15.3. The van der Waals surface area contributed by atoms with Gasteiger partial charge >= 0.3 is 0 Å². The lowest BCUT2D eigenvalue weighted by Gasteiger charge is -2.25. The van der Waals surface area contributed by atoms with Crippen molar-refractivity contribution in [2.75, 3.05) is 24.5 Å². The molecule has 2 atom stereocenters. The summed E-state index contributed by atoms with van der Waals surface area (Å²) in [5.41, 5.74) is 2.13. The van der Waals surface area contributed by atoms with Gasteiger partial charge in [-0.3, -0.25) is 0 Å². The van der Waals surface area contributed by atoms with Gasteiger partial charge in [0.2, 0.25) is 0 Å². The molecule has 0 saturated carbocycles. The molecule has 0 amide bonds. The maximum absolute atomic E-state index is 10.2. The fourth-order valence-electron chi connectivity index (χ4n) is 2.97. The summed E-state index contributed by atoms with van der Waals surface area (Å²) in [5.74, 6) is 0. The van der Waals surface area contributed by atoms with Crippen molar-refractivity contribution in [2.45, 2.75) is 58.1 Å². The van der Waals surface area contributed by atoms with Crippen LogP contribution in [0.1, 0.15) is 58.1 Å². The molecule has 0 radical (unpaired) electrons. The molecule has 3 nitrogen and oxygen atoms in total. The Balaban J connectivity index is 1.98. The summed E-state index contributed by atoms with van der Waals surface area (Å²) in [6.45, 7) is 9.41. The van der Waals surface area contributed by atoms with E-state index in [-0.39, 0.29) is 0 Å². The van der Waals surface area contributed by atoms with E-state index < -0.39 is 5.60 Å². The van der Waals surface area contributed by atoms with Crippen LogP contribution in [0.25, 0.3) is 0 Å². The second-order valence-corrected chi connectivity index (χ2v) is 6.60. The summed E-state index contributed by atoms with van der Waals surface area (Å²) in [6, 6.07) is 9.31. The predicted octanol–water partition coefficient (Wildman–Crippen LogP) is 3.49. The lowest BCUT2D eigenvalue weighted by Crippen LogP contribution is -2.28. The lowest BCUT2D eigenvalue weighted by molar-refractivity contribution is 0.0481. The van der Waals surface area contributed by atoms with Gasteiger partial charge in [-0.05, 0) is 63.8 Å². The Labute approximate surface area is 129 Å². The van der Waals surface area contributed by atoms with E-state index in [9.17, 15) is 5.11 Å². The van der Waals surface area contributed by atoms with E-state index in [2.05, 4.69) is 48.3 Å². The van der Waals surface area contributed by atoms with Gasteiger partial charge in [-0.2, -0.15) is 0 Å². The highest BCUT2D eigenvalue weighted by Gasteiger charge is 2.24. The Bertz CT molecular complexity index is 427. The Morgan fingerprint density at radius 1 is 1.24 bits per heavy atom. The molecule has 1 aliphatic heterocycles. The minimum absolute atomic E-state index is 0.406. The maximum atomic E-state index is 10.2. The van der Waals surface area contributed by atoms with E-state index in [1.165, 1.54) is 11.3 Å². The van der Waals surface area contributed by atoms with Gasteiger partial charge in [-0.15, -0.1) is 0 Å². The van der Waals surface area contributed by atoms with Gasteiger partial charge in [-0.25, -0.2) is 0 Å². The smallest absolute Gasteiger partial charge is 0.0637 e. The molecule has 21 heavy (non-hydrogen) atoms. The molecule has 1 fully saturated rings. The fourth-order valence-corrected chi connectivity index (χ4v) is 2.97. The molecule has 118 valence electrons. The molecule has 1 saturated heterocycles. The van der Waals surface area contributed by atoms with E-state index in [0.717, 1.165) is 45.3 Å². The van der Waals surface area contributed by atoms with Crippen LogP contribution in [-0.4, -0.2) is 30.3 Å². The van der Waals surface area contributed by atoms with Gasteiger partial charge in [0.1, 0.15) is 0 Å². The third kappa shape index (κ3) is 4.72. The molecular weight excluding hydrogens is 260 g/mol. The van der Waals surface area contributed by atoms with Crippen molar-refractivity contribution in [1.82, 2.24) is 5.32 Å². The number of hydrogen-bond acceptors (Lipinski definition) is 3. The first-order chi connectivity index (χ1) is 10.0. The maximum Gasteiger partial charge on any atom is 0.0637 e. The van der Waals surface area contributed by atoms with E-state index in [1.807, 2.05) is 6.92 Å². The Morgan fingerprint density at radius 3 is 2.62 bits per heavy atom. The van der Waals surface area contributed by atoms with Crippen LogP contribution in [0.4, 0.5) is 5.69 Å². The number of aliphatic hydroxyl groups is 1. The van der Waals surface area contributed by atoms with Gasteiger partial charge in [0.25, 0.3) is 0 Å². The third-order valence-corrected chi connectivity index (χ3v) is 4.52. The molecule has 0 spiro atoms. The van der Waals surface area contributed by atoms with Gasteiger partial charge in [-0.1, -0.05) is 19.1 Å². The highest BCUT2D eigenvalue weighted by Crippen LogP contribution is 2.26. The number of rotatable bonds is 5. The Morgan fingerprint density at radius 2 is 1.95 bits per heavy atom. The molecule has 2 N–H and O–H groups in total. The summed E-state index contributed by atoms with van der Waals surface area (Å²) in [4.78, 5) is 2.40. The SMILES string of the molecule is CCCNC(C)c1ccc(N2CCCC(C)(O)CC2)cc1. The number of anilines is 1. The largest absolute Gasteiger partial charge is 0.390 e. The Hall–Kier alpha value is -1.06. The average molecular weight is 290 g/mol. The van der Waals surface area contributed by atoms with E-state index in [4.69, 9.17) is 0 Å². The first-order valence-corrected chi connectivity index (χ1v) is 8.32. The average Bonchev–Trinajstić information content (AvgIpc) is 2.66. The van der Waals surface area contributed by atoms with Crippen molar-refractivity contribution in [2.24, 2.45) is 0 Å². The standard InChI is InChI=1S/C18H30N2O/c1-4-12-19-15(2)16-6-8-17(9-7-16)20-13-5-10-18(3,21)11-14-20/h6-9,15,19,21H,4-5,10-14H2,1-3H3. The van der Waals surface area contributed by atoms with Gasteiger partial charge in [0.05, 0.1) is 5.60 Å². The highest BCUT2D eigenvalue weighted by molar-refractivity contribution is 5.48. The molecule has 0 bridgehead atoms. The molecule has 0 aromatic heterocycles. The quantitative estimate of drug-likeness (QED) is 0.871. The molecule has 2 rings (SSSR count). The molecule has 0 aliphatic carbocycles. The van der Waals surface area contributed by atoms with Crippen LogP contribution in [0.5, 0.6) is 0 Å². The summed E-state index contributed by atoms with van der Waals surface area (Å²) in [5, 5.41) is 13.7. The number of hydrogen-bond donors (Lipinski definition) is 2. The summed E-state index contributed by atoms with van der Waals surface area (Å²) in [7, 11) is 0. The van der Waals surface area contributed by atoms with Gasteiger partial charge in [0, 0.05) is 24.8 Å². The van der Waals surface area contributed by atoms with Crippen LogP contribution >= 0.6 is 0 Å². The number of nitrogens with zero attached hydrogens (tertiary/aromatic N) is 1. The van der Waals surface area contributed by atoms with Crippen LogP contribution in [-0.2, 0) is 0 Å². The van der Waals surface area contributed by atoms with E-state index >= 15 is 0 Å². The number of nitrogens with one attached hydrogen (secondary N) is 1. The summed E-state index contributed by atoms with van der Waals surface area (Å²) < 4.78 is 0. The zero-order valence-corrected chi connectivity index (χ0v) is 13.7. The number of benzene rings is 1. The van der Waals surface area contributed by atoms with Crippen LogP contribution in [0, 0.1) is 0 Å². The fraction of sp³-hybridized carbons (Fsp3) is 0.667. The van der Waals surface area contributed by atoms with Crippen molar-refractivity contribution in [3.63, 3.8) is 0 Å². The Kier molecular flexibility index (Phi) is 5.65. The van der Waals surface area contributed by atoms with Crippen molar-refractivity contribution in [3.8, 4) is 0 Å². The van der Waals surface area contributed by atoms with Crippen molar-refractivity contribution >= 4 is 5.69 Å².